The number of hydrogen-bond donors (Lipinski definition) is 1. The smallest absolute Gasteiger partial charge is 0.252 e. The number of rotatable bonds is 4. The molecular weight excluding hydrogens is 384 g/mol. The van der Waals surface area contributed by atoms with Crippen molar-refractivity contribution in [1.82, 2.24) is 15.2 Å². The number of aryl methyl sites for hydroxylation is 2. The second-order valence-corrected chi connectivity index (χ2v) is 9.16. The molecule has 2 aliphatic rings. The van der Waals surface area contributed by atoms with E-state index in [9.17, 15) is 4.79 Å². The summed E-state index contributed by atoms with van der Waals surface area (Å²) in [5.41, 5.74) is 6.01. The molecule has 2 aromatic carbocycles. The number of fused-ring (bicyclic) bond motifs is 1. The van der Waals surface area contributed by atoms with E-state index in [-0.39, 0.29) is 11.4 Å². The molecule has 1 aliphatic heterocycles. The van der Waals surface area contributed by atoms with Crippen LogP contribution in [-0.4, -0.2) is 49.0 Å². The van der Waals surface area contributed by atoms with Gasteiger partial charge in [-0.1, -0.05) is 24.3 Å². The molecule has 1 amide bonds. The van der Waals surface area contributed by atoms with Gasteiger partial charge >= 0.3 is 0 Å². The van der Waals surface area contributed by atoms with Gasteiger partial charge in [-0.25, -0.2) is 0 Å². The fourth-order valence-corrected chi connectivity index (χ4v) is 4.73. The lowest BCUT2D eigenvalue weighted by atomic mass is 9.97. The zero-order chi connectivity index (χ0) is 21.6. The molecule has 5 heteroatoms. The van der Waals surface area contributed by atoms with Crippen molar-refractivity contribution in [2.24, 2.45) is 0 Å². The molecule has 0 atom stereocenters. The van der Waals surface area contributed by atoms with Gasteiger partial charge in [-0.05, 0) is 68.6 Å². The van der Waals surface area contributed by atoms with Gasteiger partial charge in [0.1, 0.15) is 0 Å². The molecule has 1 aromatic heterocycles. The standard InChI is InChI=1S/C26H30N4O/c1-18-7-8-20(30-15-13-29(3)14-16-30)17-22(18)25(31)28-26(10-11-26)23-9-12-27-24-19(2)5-4-6-21(23)24/h4-9,12,17H,10-11,13-16H2,1-3H3,(H,28,31). The third-order valence-corrected chi connectivity index (χ3v) is 6.93. The molecule has 3 aromatic rings. The zero-order valence-corrected chi connectivity index (χ0v) is 18.6. The summed E-state index contributed by atoms with van der Waals surface area (Å²) in [7, 11) is 2.16. The molecule has 2 fully saturated rings. The van der Waals surface area contributed by atoms with Crippen LogP contribution in [0.5, 0.6) is 0 Å². The largest absolute Gasteiger partial charge is 0.369 e. The van der Waals surface area contributed by atoms with Crippen molar-refractivity contribution in [1.29, 1.82) is 0 Å². The number of carbonyl (C=O) groups is 1. The minimum absolute atomic E-state index is 0.0172. The summed E-state index contributed by atoms with van der Waals surface area (Å²) in [5, 5.41) is 4.54. The van der Waals surface area contributed by atoms with Crippen molar-refractivity contribution in [3.63, 3.8) is 0 Å². The first-order chi connectivity index (χ1) is 15.0. The fourth-order valence-electron chi connectivity index (χ4n) is 4.73. The van der Waals surface area contributed by atoms with Gasteiger partial charge < -0.3 is 15.1 Å². The van der Waals surface area contributed by atoms with Crippen LogP contribution in [0.1, 0.15) is 39.9 Å². The molecule has 0 unspecified atom stereocenters. The van der Waals surface area contributed by atoms with Crippen LogP contribution < -0.4 is 10.2 Å². The van der Waals surface area contributed by atoms with E-state index in [0.29, 0.717) is 0 Å². The Labute approximate surface area is 184 Å². The molecule has 1 N–H and O–H groups in total. The van der Waals surface area contributed by atoms with E-state index in [1.54, 1.807) is 0 Å². The first-order valence-electron chi connectivity index (χ1n) is 11.2. The number of hydrogen-bond acceptors (Lipinski definition) is 4. The molecule has 0 spiro atoms. The first kappa shape index (κ1) is 20.0. The third-order valence-electron chi connectivity index (χ3n) is 6.93. The van der Waals surface area contributed by atoms with E-state index in [0.717, 1.165) is 72.3 Å². The van der Waals surface area contributed by atoms with Gasteiger partial charge in [0.25, 0.3) is 5.91 Å². The average Bonchev–Trinajstić information content (AvgIpc) is 3.55. The molecule has 1 saturated carbocycles. The van der Waals surface area contributed by atoms with Gasteiger partial charge in [0.15, 0.2) is 0 Å². The van der Waals surface area contributed by atoms with Crippen LogP contribution in [0.3, 0.4) is 0 Å². The van der Waals surface area contributed by atoms with Gasteiger partial charge in [-0.3, -0.25) is 9.78 Å². The average molecular weight is 415 g/mol. The summed E-state index contributed by atoms with van der Waals surface area (Å²) < 4.78 is 0. The monoisotopic (exact) mass is 414 g/mol. The highest BCUT2D eigenvalue weighted by molar-refractivity contribution is 5.98. The number of benzene rings is 2. The number of piperazine rings is 1. The van der Waals surface area contributed by atoms with Crippen molar-refractivity contribution in [2.45, 2.75) is 32.2 Å². The molecule has 160 valence electrons. The van der Waals surface area contributed by atoms with E-state index in [2.05, 4.69) is 76.5 Å². The van der Waals surface area contributed by atoms with Gasteiger partial charge in [0, 0.05) is 49.0 Å². The summed E-state index contributed by atoms with van der Waals surface area (Å²) in [5.74, 6) is 0.0172. The molecule has 1 aliphatic carbocycles. The maximum absolute atomic E-state index is 13.4. The number of amides is 1. The minimum Gasteiger partial charge on any atom is -0.369 e. The maximum atomic E-state index is 13.4. The van der Waals surface area contributed by atoms with Crippen molar-refractivity contribution in [3.8, 4) is 0 Å². The maximum Gasteiger partial charge on any atom is 0.252 e. The Bertz CT molecular complexity index is 1140. The number of nitrogens with zero attached hydrogens (tertiary/aromatic N) is 3. The number of likely N-dealkylation sites (N-methyl/N-ethyl adjacent to an activating group) is 1. The van der Waals surface area contributed by atoms with Gasteiger partial charge in [0.05, 0.1) is 11.1 Å². The lowest BCUT2D eigenvalue weighted by molar-refractivity contribution is 0.0930. The molecule has 31 heavy (non-hydrogen) atoms. The second kappa shape index (κ2) is 7.65. The van der Waals surface area contributed by atoms with Crippen LogP contribution in [0.15, 0.2) is 48.7 Å². The van der Waals surface area contributed by atoms with Crippen LogP contribution in [0.4, 0.5) is 5.69 Å². The zero-order valence-electron chi connectivity index (χ0n) is 18.6. The Balaban J connectivity index is 1.43. The Morgan fingerprint density at radius 2 is 1.77 bits per heavy atom. The topological polar surface area (TPSA) is 48.5 Å². The number of para-hydroxylation sites is 1. The molecule has 1 saturated heterocycles. The van der Waals surface area contributed by atoms with Gasteiger partial charge in [-0.2, -0.15) is 0 Å². The lowest BCUT2D eigenvalue weighted by Gasteiger charge is -2.34. The number of nitrogens with one attached hydrogen (secondary N) is 1. The second-order valence-electron chi connectivity index (χ2n) is 9.16. The molecular formula is C26H30N4O. The highest BCUT2D eigenvalue weighted by atomic mass is 16.1. The van der Waals surface area contributed by atoms with Gasteiger partial charge in [-0.15, -0.1) is 0 Å². The quantitative estimate of drug-likeness (QED) is 0.701. The molecule has 0 radical (unpaired) electrons. The van der Waals surface area contributed by atoms with Crippen molar-refractivity contribution in [3.05, 3.63) is 70.9 Å². The van der Waals surface area contributed by atoms with Gasteiger partial charge in [0.2, 0.25) is 0 Å². The lowest BCUT2D eigenvalue weighted by Crippen LogP contribution is -2.44. The minimum atomic E-state index is -0.289. The molecule has 0 bridgehead atoms. The van der Waals surface area contributed by atoms with Crippen molar-refractivity contribution < 1.29 is 4.79 Å². The van der Waals surface area contributed by atoms with E-state index in [4.69, 9.17) is 0 Å². The van der Waals surface area contributed by atoms with E-state index in [1.165, 1.54) is 5.56 Å². The van der Waals surface area contributed by atoms with Crippen LogP contribution in [0.2, 0.25) is 0 Å². The van der Waals surface area contributed by atoms with E-state index >= 15 is 0 Å². The van der Waals surface area contributed by atoms with Crippen LogP contribution >= 0.6 is 0 Å². The highest BCUT2D eigenvalue weighted by Gasteiger charge is 2.47. The molecule has 5 rings (SSSR count). The fraction of sp³-hybridized carbons (Fsp3) is 0.385. The number of anilines is 1. The summed E-state index contributed by atoms with van der Waals surface area (Å²) in [6.45, 7) is 8.19. The van der Waals surface area contributed by atoms with E-state index < -0.39 is 0 Å². The third kappa shape index (κ3) is 3.68. The molecule has 2 heterocycles. The van der Waals surface area contributed by atoms with Crippen molar-refractivity contribution >= 4 is 22.5 Å². The summed E-state index contributed by atoms with van der Waals surface area (Å²) in [6, 6.07) is 14.6. The first-order valence-corrected chi connectivity index (χ1v) is 11.2. The number of pyridine rings is 1. The van der Waals surface area contributed by atoms with Crippen LogP contribution in [0.25, 0.3) is 10.9 Å². The SMILES string of the molecule is Cc1ccc(N2CCN(C)CC2)cc1C(=O)NC1(c2ccnc3c(C)cccc23)CC1. The Kier molecular flexibility index (Phi) is 4.94. The van der Waals surface area contributed by atoms with Crippen LogP contribution in [0, 0.1) is 13.8 Å². The molecule has 5 nitrogen and oxygen atoms in total. The predicted molar refractivity (Wildman–Crippen MR) is 126 cm³/mol. The summed E-state index contributed by atoms with van der Waals surface area (Å²) in [4.78, 5) is 22.7. The highest BCUT2D eigenvalue weighted by Crippen LogP contribution is 2.48. The number of carbonyl (C=O) groups excluding carboxylic acids is 1. The Morgan fingerprint density at radius 1 is 1.00 bits per heavy atom. The Hall–Kier alpha value is -2.92. The Morgan fingerprint density at radius 3 is 2.52 bits per heavy atom. The van der Waals surface area contributed by atoms with Crippen molar-refractivity contribution in [2.75, 3.05) is 38.1 Å². The summed E-state index contributed by atoms with van der Waals surface area (Å²) in [6.07, 6.45) is 3.79. The normalized spacial score (nSPS) is 18.2. The van der Waals surface area contributed by atoms with Crippen LogP contribution in [-0.2, 0) is 5.54 Å². The predicted octanol–water partition coefficient (Wildman–Crippen LogP) is 4.02. The van der Waals surface area contributed by atoms with E-state index in [1.807, 2.05) is 13.1 Å². The number of aromatic nitrogens is 1. The summed E-state index contributed by atoms with van der Waals surface area (Å²) >= 11 is 0.